The minimum atomic E-state index is -3.74. The smallest absolute Gasteiger partial charge is 0.261 e. The number of anilines is 1. The standard InChI is InChI=1S/C18H20ClN3O3S/c1-21-9-11-22(12-10-21)18(23)14-5-7-17(8-6-14)26(24,25)20-16-4-2-3-15(19)13-16/h2-8,13,20H,9-12H2,1H3. The average molecular weight is 394 g/mol. The highest BCUT2D eigenvalue weighted by Gasteiger charge is 2.21. The van der Waals surface area contributed by atoms with E-state index in [1.807, 2.05) is 7.05 Å². The van der Waals surface area contributed by atoms with Gasteiger partial charge in [-0.2, -0.15) is 0 Å². The number of likely N-dealkylation sites (N-methyl/N-ethyl adjacent to an activating group) is 1. The number of nitrogens with one attached hydrogen (secondary N) is 1. The Morgan fingerprint density at radius 1 is 1.04 bits per heavy atom. The van der Waals surface area contributed by atoms with Crippen molar-refractivity contribution in [1.82, 2.24) is 9.80 Å². The number of halogens is 1. The zero-order valence-corrected chi connectivity index (χ0v) is 15.9. The molecule has 0 unspecified atom stereocenters. The molecule has 0 bridgehead atoms. The van der Waals surface area contributed by atoms with Gasteiger partial charge in [0, 0.05) is 36.8 Å². The molecule has 2 aromatic carbocycles. The van der Waals surface area contributed by atoms with Crippen molar-refractivity contribution in [2.45, 2.75) is 4.90 Å². The summed E-state index contributed by atoms with van der Waals surface area (Å²) in [5.74, 6) is -0.0788. The van der Waals surface area contributed by atoms with Crippen LogP contribution in [-0.2, 0) is 10.0 Å². The number of piperazine rings is 1. The number of carbonyl (C=O) groups is 1. The second kappa shape index (κ2) is 7.65. The summed E-state index contributed by atoms with van der Waals surface area (Å²) in [5, 5.41) is 0.443. The molecular formula is C18H20ClN3O3S. The van der Waals surface area contributed by atoms with Crippen LogP contribution >= 0.6 is 11.6 Å². The first-order chi connectivity index (χ1) is 12.3. The van der Waals surface area contributed by atoms with Gasteiger partial charge in [-0.1, -0.05) is 17.7 Å². The Hall–Kier alpha value is -2.09. The van der Waals surface area contributed by atoms with E-state index >= 15 is 0 Å². The molecule has 1 N–H and O–H groups in total. The van der Waals surface area contributed by atoms with Crippen molar-refractivity contribution in [1.29, 1.82) is 0 Å². The summed E-state index contributed by atoms with van der Waals surface area (Å²) < 4.78 is 27.4. The van der Waals surface area contributed by atoms with Gasteiger partial charge in [0.25, 0.3) is 15.9 Å². The lowest BCUT2D eigenvalue weighted by Crippen LogP contribution is -2.47. The number of benzene rings is 2. The van der Waals surface area contributed by atoms with Crippen LogP contribution in [0.25, 0.3) is 0 Å². The second-order valence-corrected chi connectivity index (χ2v) is 8.35. The predicted molar refractivity (Wildman–Crippen MR) is 102 cm³/mol. The molecule has 0 aliphatic carbocycles. The van der Waals surface area contributed by atoms with Gasteiger partial charge < -0.3 is 9.80 Å². The van der Waals surface area contributed by atoms with Gasteiger partial charge in [-0.25, -0.2) is 8.42 Å². The van der Waals surface area contributed by atoms with Crippen molar-refractivity contribution in [3.05, 3.63) is 59.1 Å². The molecule has 0 atom stereocenters. The van der Waals surface area contributed by atoms with E-state index in [-0.39, 0.29) is 10.8 Å². The third-order valence-corrected chi connectivity index (χ3v) is 5.91. The molecule has 1 amide bonds. The third kappa shape index (κ3) is 4.35. The number of amides is 1. The summed E-state index contributed by atoms with van der Waals surface area (Å²) in [6.45, 7) is 3.01. The average Bonchev–Trinajstić information content (AvgIpc) is 2.61. The van der Waals surface area contributed by atoms with Gasteiger partial charge in [0.2, 0.25) is 0 Å². The molecule has 0 spiro atoms. The number of sulfonamides is 1. The monoisotopic (exact) mass is 393 g/mol. The molecule has 1 aliphatic rings. The quantitative estimate of drug-likeness (QED) is 0.866. The number of nitrogens with zero attached hydrogens (tertiary/aromatic N) is 2. The van der Waals surface area contributed by atoms with Crippen LogP contribution in [0.5, 0.6) is 0 Å². The van der Waals surface area contributed by atoms with E-state index in [4.69, 9.17) is 11.6 Å². The molecule has 1 fully saturated rings. The molecular weight excluding hydrogens is 374 g/mol. The third-order valence-electron chi connectivity index (χ3n) is 4.28. The molecule has 8 heteroatoms. The molecule has 6 nitrogen and oxygen atoms in total. The molecule has 0 radical (unpaired) electrons. The summed E-state index contributed by atoms with van der Waals surface area (Å²) in [4.78, 5) is 16.6. The summed E-state index contributed by atoms with van der Waals surface area (Å²) in [6, 6.07) is 12.5. The first kappa shape index (κ1) is 18.7. The summed E-state index contributed by atoms with van der Waals surface area (Å²) in [7, 11) is -1.72. The Kier molecular flexibility index (Phi) is 5.50. The maximum absolute atomic E-state index is 12.5. The van der Waals surface area contributed by atoms with Crippen LogP contribution in [0.3, 0.4) is 0 Å². The van der Waals surface area contributed by atoms with Crippen molar-refractivity contribution in [2.24, 2.45) is 0 Å². The van der Waals surface area contributed by atoms with Gasteiger partial charge in [0.1, 0.15) is 0 Å². The van der Waals surface area contributed by atoms with Crippen LogP contribution in [0.4, 0.5) is 5.69 Å². The maximum atomic E-state index is 12.5. The van der Waals surface area contributed by atoms with Gasteiger partial charge in [-0.15, -0.1) is 0 Å². The molecule has 26 heavy (non-hydrogen) atoms. The molecule has 0 saturated carbocycles. The van der Waals surface area contributed by atoms with Crippen molar-refractivity contribution < 1.29 is 13.2 Å². The lowest BCUT2D eigenvalue weighted by molar-refractivity contribution is 0.0664. The number of hydrogen-bond acceptors (Lipinski definition) is 4. The van der Waals surface area contributed by atoms with Crippen LogP contribution in [0.15, 0.2) is 53.4 Å². The van der Waals surface area contributed by atoms with Crippen LogP contribution < -0.4 is 4.72 Å². The van der Waals surface area contributed by atoms with E-state index in [0.29, 0.717) is 29.4 Å². The maximum Gasteiger partial charge on any atom is 0.261 e. The first-order valence-corrected chi connectivity index (χ1v) is 10.1. The summed E-state index contributed by atoms with van der Waals surface area (Å²) in [5.41, 5.74) is 0.867. The Labute approximate surface area is 158 Å². The topological polar surface area (TPSA) is 69.7 Å². The first-order valence-electron chi connectivity index (χ1n) is 8.21. The Morgan fingerprint density at radius 3 is 2.31 bits per heavy atom. The van der Waals surface area contributed by atoms with Crippen LogP contribution in [0.2, 0.25) is 5.02 Å². The zero-order chi connectivity index (χ0) is 18.7. The predicted octanol–water partition coefficient (Wildman–Crippen LogP) is 2.53. The largest absolute Gasteiger partial charge is 0.336 e. The van der Waals surface area contributed by atoms with Crippen LogP contribution in [0.1, 0.15) is 10.4 Å². The van der Waals surface area contributed by atoms with Crippen LogP contribution in [0, 0.1) is 0 Å². The molecule has 3 rings (SSSR count). The van der Waals surface area contributed by atoms with E-state index in [1.165, 1.54) is 18.2 Å². The van der Waals surface area contributed by atoms with Gasteiger partial charge in [0.05, 0.1) is 10.6 Å². The number of rotatable bonds is 4. The highest BCUT2D eigenvalue weighted by Crippen LogP contribution is 2.20. The summed E-state index contributed by atoms with van der Waals surface area (Å²) >= 11 is 5.88. The number of hydrogen-bond donors (Lipinski definition) is 1. The molecule has 1 saturated heterocycles. The fourth-order valence-electron chi connectivity index (χ4n) is 2.73. The molecule has 138 valence electrons. The lowest BCUT2D eigenvalue weighted by Gasteiger charge is -2.32. The Bertz CT molecular complexity index is 892. The molecule has 1 heterocycles. The molecule has 2 aromatic rings. The minimum Gasteiger partial charge on any atom is -0.336 e. The highest BCUT2D eigenvalue weighted by molar-refractivity contribution is 7.92. The lowest BCUT2D eigenvalue weighted by atomic mass is 10.2. The van der Waals surface area contributed by atoms with E-state index in [1.54, 1.807) is 35.2 Å². The van der Waals surface area contributed by atoms with E-state index in [9.17, 15) is 13.2 Å². The fourth-order valence-corrected chi connectivity index (χ4v) is 3.97. The van der Waals surface area contributed by atoms with Crippen molar-refractivity contribution >= 4 is 33.2 Å². The second-order valence-electron chi connectivity index (χ2n) is 6.24. The fraction of sp³-hybridized carbons (Fsp3) is 0.278. The Balaban J connectivity index is 1.73. The van der Waals surface area contributed by atoms with E-state index < -0.39 is 10.0 Å². The van der Waals surface area contributed by atoms with Crippen molar-refractivity contribution in [2.75, 3.05) is 37.9 Å². The normalized spacial score (nSPS) is 15.7. The SMILES string of the molecule is CN1CCN(C(=O)c2ccc(S(=O)(=O)Nc3cccc(Cl)c3)cc2)CC1. The Morgan fingerprint density at radius 2 is 1.69 bits per heavy atom. The van der Waals surface area contributed by atoms with Gasteiger partial charge >= 0.3 is 0 Å². The van der Waals surface area contributed by atoms with Crippen molar-refractivity contribution in [3.8, 4) is 0 Å². The zero-order valence-electron chi connectivity index (χ0n) is 14.4. The van der Waals surface area contributed by atoms with Gasteiger partial charge in [-0.05, 0) is 49.5 Å². The van der Waals surface area contributed by atoms with Crippen molar-refractivity contribution in [3.63, 3.8) is 0 Å². The number of carbonyl (C=O) groups excluding carboxylic acids is 1. The highest BCUT2D eigenvalue weighted by atomic mass is 35.5. The molecule has 1 aliphatic heterocycles. The minimum absolute atomic E-state index is 0.0788. The molecule has 0 aromatic heterocycles. The van der Waals surface area contributed by atoms with E-state index in [2.05, 4.69) is 9.62 Å². The van der Waals surface area contributed by atoms with Gasteiger partial charge in [0.15, 0.2) is 0 Å². The van der Waals surface area contributed by atoms with E-state index in [0.717, 1.165) is 13.1 Å². The summed E-state index contributed by atoms with van der Waals surface area (Å²) in [6.07, 6.45) is 0. The van der Waals surface area contributed by atoms with Crippen LogP contribution in [-0.4, -0.2) is 57.4 Å². The van der Waals surface area contributed by atoms with Gasteiger partial charge in [-0.3, -0.25) is 9.52 Å².